The third-order valence-corrected chi connectivity index (χ3v) is 3.53. The molecule has 0 atom stereocenters. The minimum atomic E-state index is 0.858. The average molecular weight is 263 g/mol. The van der Waals surface area contributed by atoms with Gasteiger partial charge in [-0.15, -0.1) is 0 Å². The standard InChI is InChI=1S/C18H17NO/c1-19-17-10-7-13(12-18(17)20-2)11-15-9-8-14-5-3-4-6-16(14)15/h3-12,19H,1-2H3/b15-11+. The Morgan fingerprint density at radius 3 is 2.70 bits per heavy atom. The highest BCUT2D eigenvalue weighted by Gasteiger charge is 2.09. The van der Waals surface area contributed by atoms with Crippen LogP contribution in [0.15, 0.2) is 48.5 Å². The first kappa shape index (κ1) is 12.5. The lowest BCUT2D eigenvalue weighted by Gasteiger charge is -2.09. The zero-order chi connectivity index (χ0) is 13.9. The van der Waals surface area contributed by atoms with Gasteiger partial charge in [0, 0.05) is 7.05 Å². The molecule has 2 aromatic rings. The maximum Gasteiger partial charge on any atom is 0.142 e. The number of methoxy groups -OCH3 is 1. The first-order chi connectivity index (χ1) is 9.81. The number of hydrogen-bond acceptors (Lipinski definition) is 2. The Balaban J connectivity index is 2.00. The van der Waals surface area contributed by atoms with Crippen LogP contribution in [-0.4, -0.2) is 14.2 Å². The number of rotatable bonds is 3. The fraction of sp³-hybridized carbons (Fsp3) is 0.111. The Morgan fingerprint density at radius 2 is 1.90 bits per heavy atom. The normalized spacial score (nSPS) is 14.4. The Kier molecular flexibility index (Phi) is 3.30. The summed E-state index contributed by atoms with van der Waals surface area (Å²) in [4.78, 5) is 0. The fourth-order valence-corrected chi connectivity index (χ4v) is 2.48. The summed E-state index contributed by atoms with van der Waals surface area (Å²) in [6, 6.07) is 14.6. The van der Waals surface area contributed by atoms with E-state index < -0.39 is 0 Å². The van der Waals surface area contributed by atoms with E-state index in [0.29, 0.717) is 0 Å². The van der Waals surface area contributed by atoms with Crippen molar-refractivity contribution in [2.45, 2.75) is 0 Å². The van der Waals surface area contributed by atoms with Gasteiger partial charge in [0.2, 0.25) is 0 Å². The lowest BCUT2D eigenvalue weighted by atomic mass is 10.0. The molecule has 0 heterocycles. The Hall–Kier alpha value is -2.48. The average Bonchev–Trinajstić information content (AvgIpc) is 2.90. The summed E-state index contributed by atoms with van der Waals surface area (Å²) < 4.78 is 5.40. The van der Waals surface area contributed by atoms with E-state index in [-0.39, 0.29) is 0 Å². The second kappa shape index (κ2) is 5.25. The molecule has 100 valence electrons. The summed E-state index contributed by atoms with van der Waals surface area (Å²) in [5, 5.41) is 3.12. The Morgan fingerprint density at radius 1 is 1.05 bits per heavy atom. The van der Waals surface area contributed by atoms with Crippen molar-refractivity contribution in [3.05, 3.63) is 65.2 Å². The van der Waals surface area contributed by atoms with Crippen LogP contribution in [0.4, 0.5) is 5.69 Å². The molecule has 0 amide bonds. The maximum absolute atomic E-state index is 5.40. The molecule has 0 radical (unpaired) electrons. The third-order valence-electron chi connectivity index (χ3n) is 3.53. The summed E-state index contributed by atoms with van der Waals surface area (Å²) in [5.74, 6) is 0.858. The van der Waals surface area contributed by atoms with E-state index in [1.165, 1.54) is 16.7 Å². The second-order valence-electron chi connectivity index (χ2n) is 4.73. The number of nitrogens with one attached hydrogen (secondary N) is 1. The van der Waals surface area contributed by atoms with Gasteiger partial charge in [-0.3, -0.25) is 0 Å². The molecule has 1 aliphatic rings. The van der Waals surface area contributed by atoms with Crippen LogP contribution in [0.5, 0.6) is 5.75 Å². The van der Waals surface area contributed by atoms with Crippen LogP contribution in [0.25, 0.3) is 17.7 Å². The SMILES string of the molecule is CNc1ccc(/C=C2\C=Cc3ccccc32)cc1OC. The lowest BCUT2D eigenvalue weighted by molar-refractivity contribution is 0.416. The quantitative estimate of drug-likeness (QED) is 0.891. The van der Waals surface area contributed by atoms with Crippen LogP contribution in [-0.2, 0) is 0 Å². The zero-order valence-corrected chi connectivity index (χ0v) is 11.7. The Labute approximate surface area is 119 Å². The van der Waals surface area contributed by atoms with Gasteiger partial charge in [-0.1, -0.05) is 42.5 Å². The molecule has 0 unspecified atom stereocenters. The van der Waals surface area contributed by atoms with Crippen LogP contribution >= 0.6 is 0 Å². The molecule has 0 saturated carbocycles. The van der Waals surface area contributed by atoms with Crippen molar-refractivity contribution < 1.29 is 4.74 Å². The molecule has 0 aliphatic heterocycles. The molecular weight excluding hydrogens is 246 g/mol. The lowest BCUT2D eigenvalue weighted by Crippen LogP contribution is -1.93. The van der Waals surface area contributed by atoms with Gasteiger partial charge in [0.25, 0.3) is 0 Å². The smallest absolute Gasteiger partial charge is 0.142 e. The molecule has 0 bridgehead atoms. The van der Waals surface area contributed by atoms with Gasteiger partial charge >= 0.3 is 0 Å². The molecule has 3 rings (SSSR count). The van der Waals surface area contributed by atoms with Gasteiger partial charge in [0.1, 0.15) is 5.75 Å². The van der Waals surface area contributed by atoms with Crippen molar-refractivity contribution in [1.29, 1.82) is 0 Å². The van der Waals surface area contributed by atoms with Crippen molar-refractivity contribution in [2.75, 3.05) is 19.5 Å². The molecular formula is C18H17NO. The van der Waals surface area contributed by atoms with E-state index in [2.05, 4.69) is 53.9 Å². The molecule has 20 heavy (non-hydrogen) atoms. The van der Waals surface area contributed by atoms with Crippen LogP contribution in [0.3, 0.4) is 0 Å². The number of benzene rings is 2. The van der Waals surface area contributed by atoms with Crippen molar-refractivity contribution in [1.82, 2.24) is 0 Å². The van der Waals surface area contributed by atoms with Gasteiger partial charge in [0.15, 0.2) is 0 Å². The third kappa shape index (κ3) is 2.21. The largest absolute Gasteiger partial charge is 0.495 e. The van der Waals surface area contributed by atoms with Crippen LogP contribution < -0.4 is 10.1 Å². The molecule has 1 aliphatic carbocycles. The predicted molar refractivity (Wildman–Crippen MR) is 85.9 cm³/mol. The first-order valence-electron chi connectivity index (χ1n) is 6.67. The molecule has 0 fully saturated rings. The number of hydrogen-bond donors (Lipinski definition) is 1. The van der Waals surface area contributed by atoms with Crippen LogP contribution in [0.2, 0.25) is 0 Å². The summed E-state index contributed by atoms with van der Waals surface area (Å²) in [6.07, 6.45) is 6.49. The van der Waals surface area contributed by atoms with E-state index >= 15 is 0 Å². The van der Waals surface area contributed by atoms with Crippen molar-refractivity contribution in [3.8, 4) is 5.75 Å². The van der Waals surface area contributed by atoms with E-state index in [1.807, 2.05) is 19.2 Å². The monoisotopic (exact) mass is 263 g/mol. The molecule has 0 spiro atoms. The number of ether oxygens (including phenoxy) is 1. The highest BCUT2D eigenvalue weighted by molar-refractivity contribution is 5.97. The summed E-state index contributed by atoms with van der Waals surface area (Å²) >= 11 is 0. The van der Waals surface area contributed by atoms with Gasteiger partial charge in [0.05, 0.1) is 12.8 Å². The second-order valence-corrected chi connectivity index (χ2v) is 4.73. The van der Waals surface area contributed by atoms with Crippen molar-refractivity contribution in [3.63, 3.8) is 0 Å². The Bertz CT molecular complexity index is 698. The van der Waals surface area contributed by atoms with Crippen molar-refractivity contribution >= 4 is 23.4 Å². The summed E-state index contributed by atoms with van der Waals surface area (Å²) in [5.41, 5.74) is 5.93. The van der Waals surface area contributed by atoms with E-state index in [0.717, 1.165) is 17.0 Å². The van der Waals surface area contributed by atoms with E-state index in [4.69, 9.17) is 4.74 Å². The van der Waals surface area contributed by atoms with E-state index in [9.17, 15) is 0 Å². The highest BCUT2D eigenvalue weighted by atomic mass is 16.5. The van der Waals surface area contributed by atoms with Crippen LogP contribution in [0, 0.1) is 0 Å². The predicted octanol–water partition coefficient (Wildman–Crippen LogP) is 4.30. The van der Waals surface area contributed by atoms with E-state index in [1.54, 1.807) is 7.11 Å². The number of allylic oxidation sites excluding steroid dienone is 2. The molecule has 0 aromatic heterocycles. The molecule has 2 nitrogen and oxygen atoms in total. The number of anilines is 1. The molecule has 0 saturated heterocycles. The van der Waals surface area contributed by atoms with Gasteiger partial charge in [-0.25, -0.2) is 0 Å². The van der Waals surface area contributed by atoms with Crippen LogP contribution in [0.1, 0.15) is 16.7 Å². The molecule has 1 N–H and O–H groups in total. The summed E-state index contributed by atoms with van der Waals surface area (Å²) in [6.45, 7) is 0. The van der Waals surface area contributed by atoms with Gasteiger partial charge < -0.3 is 10.1 Å². The maximum atomic E-state index is 5.40. The number of fused-ring (bicyclic) bond motifs is 1. The molecule has 2 heteroatoms. The van der Waals surface area contributed by atoms with Gasteiger partial charge in [-0.2, -0.15) is 0 Å². The zero-order valence-electron chi connectivity index (χ0n) is 11.7. The topological polar surface area (TPSA) is 21.3 Å². The van der Waals surface area contributed by atoms with Gasteiger partial charge in [-0.05, 0) is 40.5 Å². The molecule has 2 aromatic carbocycles. The fourth-order valence-electron chi connectivity index (χ4n) is 2.48. The highest BCUT2D eigenvalue weighted by Crippen LogP contribution is 2.32. The summed E-state index contributed by atoms with van der Waals surface area (Å²) in [7, 11) is 3.59. The minimum Gasteiger partial charge on any atom is -0.495 e. The first-order valence-corrected chi connectivity index (χ1v) is 6.67. The minimum absolute atomic E-state index is 0.858. The van der Waals surface area contributed by atoms with Crippen molar-refractivity contribution in [2.24, 2.45) is 0 Å².